The number of hydrogen-bond acceptors (Lipinski definition) is 0. The van der Waals surface area contributed by atoms with Gasteiger partial charge in [0.2, 0.25) is 22.8 Å². The van der Waals surface area contributed by atoms with Gasteiger partial charge in [0.15, 0.2) is 24.8 Å². The maximum absolute atomic E-state index is 2.39. The predicted octanol–water partition coefficient (Wildman–Crippen LogP) is 24.6. The number of aromatic nitrogens is 8. The molecule has 568 valence electrons. The van der Waals surface area contributed by atoms with E-state index in [0.29, 0.717) is 5.92 Å². The van der Waals surface area contributed by atoms with Crippen molar-refractivity contribution in [3.8, 4) is 90.1 Å². The van der Waals surface area contributed by atoms with Crippen LogP contribution in [0.4, 0.5) is 0 Å². The Balaban J connectivity index is 0.000000111. The second-order valence-corrected chi connectivity index (χ2v) is 31.7. The molecule has 0 fully saturated rings. The number of para-hydroxylation sites is 3. The highest BCUT2D eigenvalue weighted by Gasteiger charge is 2.28. The number of pyridine rings is 4. The molecule has 0 unspecified atom stereocenters. The molecular weight excluding hydrogens is 1410 g/mol. The van der Waals surface area contributed by atoms with Crippen LogP contribution < -0.4 is 18.3 Å². The summed E-state index contributed by atoms with van der Waals surface area (Å²) in [4.78, 5) is 0. The summed E-state index contributed by atoms with van der Waals surface area (Å²) in [6, 6.07) is 109. The Kier molecular flexibility index (Phi) is 20.1. The van der Waals surface area contributed by atoms with Crippen LogP contribution in [0, 0.1) is 34.6 Å². The molecular formula is C108H100N8+4. The molecule has 0 aliphatic carbocycles. The van der Waals surface area contributed by atoms with Gasteiger partial charge in [-0.15, -0.1) is 0 Å². The molecule has 0 amide bonds. The SMILES string of the molecule is Cc1c(-c2c(C(C)C)c3ccccc3n2C)cc2ccccc2c1-c1cccc[n+]1C.Cc1c(-c2cc3c4ccccc4ccc3n2C)cccc1-c1cccc[n+]1C.Cc1c(-c2cc3ccccc3n2C)cccc1-c1c2ccccc2cc[n+]1C.Cc1c(-c2cccc[n+]2C)cc2ccccc2c1-c1c(C)c2ccccc2n1C. The molecule has 12 aromatic carbocycles. The molecule has 20 aromatic rings. The highest BCUT2D eigenvalue weighted by atomic mass is 15.0. The Morgan fingerprint density at radius 3 is 1.26 bits per heavy atom. The molecule has 116 heavy (non-hydrogen) atoms. The molecule has 0 atom stereocenters. The van der Waals surface area contributed by atoms with Gasteiger partial charge in [-0.2, -0.15) is 0 Å². The summed E-state index contributed by atoms with van der Waals surface area (Å²) in [5, 5.41) is 15.6. The van der Waals surface area contributed by atoms with E-state index in [-0.39, 0.29) is 0 Å². The third kappa shape index (κ3) is 13.2. The van der Waals surface area contributed by atoms with Crippen molar-refractivity contribution < 1.29 is 18.3 Å². The van der Waals surface area contributed by atoms with Crippen LogP contribution in [0.5, 0.6) is 0 Å². The number of nitrogens with zero attached hydrogens (tertiary/aromatic N) is 8. The summed E-state index contributed by atoms with van der Waals surface area (Å²) < 4.78 is 18.2. The lowest BCUT2D eigenvalue weighted by Gasteiger charge is -2.18. The van der Waals surface area contributed by atoms with Crippen molar-refractivity contribution in [1.29, 1.82) is 0 Å². The van der Waals surface area contributed by atoms with Crippen LogP contribution in [0.2, 0.25) is 0 Å². The quantitative estimate of drug-likeness (QED) is 0.129. The Labute approximate surface area is 681 Å². The van der Waals surface area contributed by atoms with Crippen molar-refractivity contribution in [2.24, 2.45) is 56.4 Å². The van der Waals surface area contributed by atoms with Gasteiger partial charge >= 0.3 is 0 Å². The molecule has 8 nitrogen and oxygen atoms in total. The first kappa shape index (κ1) is 75.1. The number of rotatable bonds is 9. The first-order chi connectivity index (χ1) is 56.4. The number of hydrogen-bond donors (Lipinski definition) is 0. The summed E-state index contributed by atoms with van der Waals surface area (Å²) in [5.74, 6) is 0.434. The monoisotopic (exact) mass is 1510 g/mol. The van der Waals surface area contributed by atoms with Gasteiger partial charge < -0.3 is 18.3 Å². The minimum Gasteiger partial charge on any atom is -0.344 e. The van der Waals surface area contributed by atoms with Crippen LogP contribution in [0.15, 0.2) is 328 Å². The average Bonchev–Trinajstić information content (AvgIpc) is 1.56. The highest BCUT2D eigenvalue weighted by Crippen LogP contribution is 2.46. The van der Waals surface area contributed by atoms with E-state index in [2.05, 4.69) is 469 Å². The number of fused-ring (bicyclic) bond motifs is 9. The lowest BCUT2D eigenvalue weighted by molar-refractivity contribution is -0.660. The van der Waals surface area contributed by atoms with Crippen molar-refractivity contribution in [3.63, 3.8) is 0 Å². The minimum atomic E-state index is 0.434. The van der Waals surface area contributed by atoms with E-state index >= 15 is 0 Å². The molecule has 8 heteroatoms. The van der Waals surface area contributed by atoms with E-state index in [1.54, 1.807) is 0 Å². The minimum absolute atomic E-state index is 0.434. The standard InChI is InChI=1S/C29H29N2.C27H25N2.2C26H23N2/c1-19(2)27-23-14-8-9-15-25(23)31(5)29(27)24-18-21-12-6-7-13-22(21)28(20(24)3)26-16-10-11-17-30(26)4;1-18-23(24-14-9-10-16-28(24)3)17-20-11-5-6-13-22(20)26(18)27-19(2)21-12-7-8-15-25(21)29(27)4;1-18-21(25-17-20-10-5-7-14-24(20)28(25)3)12-8-13-22(18)26-23-11-6-4-9-19(23)15-16-27(26)2;1-18-20(24-13-6-7-16-27(24)2)11-8-12-21(18)26-17-23-22-10-5-4-9-19(22)14-15-25(23)28(26)3/h6-19H,1-5H3;5-17H,1-4H3;2*4-17H,1-3H3/q4*+1. The van der Waals surface area contributed by atoms with E-state index in [1.807, 2.05) is 0 Å². The van der Waals surface area contributed by atoms with Crippen molar-refractivity contribution in [3.05, 3.63) is 361 Å². The topological polar surface area (TPSA) is 35.2 Å². The second kappa shape index (κ2) is 31.1. The molecule has 0 bridgehead atoms. The van der Waals surface area contributed by atoms with Crippen molar-refractivity contribution in [2.45, 2.75) is 54.4 Å². The van der Waals surface area contributed by atoms with Crippen LogP contribution >= 0.6 is 0 Å². The molecule has 20 rings (SSSR count). The first-order valence-electron chi connectivity index (χ1n) is 40.5. The molecule has 0 saturated carbocycles. The van der Waals surface area contributed by atoms with Crippen LogP contribution in [-0.4, -0.2) is 18.3 Å². The number of benzene rings is 12. The summed E-state index contributed by atoms with van der Waals surface area (Å²) in [6.07, 6.45) is 8.50. The van der Waals surface area contributed by atoms with E-state index in [0.717, 1.165) is 0 Å². The van der Waals surface area contributed by atoms with Gasteiger partial charge in [-0.25, -0.2) is 18.3 Å². The maximum atomic E-state index is 2.39. The lowest BCUT2D eigenvalue weighted by Crippen LogP contribution is -2.30. The molecule has 0 aliphatic rings. The molecule has 0 spiro atoms. The third-order valence-electron chi connectivity index (χ3n) is 24.6. The van der Waals surface area contributed by atoms with Crippen molar-refractivity contribution >= 4 is 86.7 Å². The molecule has 8 aromatic heterocycles. The van der Waals surface area contributed by atoms with Gasteiger partial charge in [-0.1, -0.05) is 190 Å². The van der Waals surface area contributed by atoms with Crippen molar-refractivity contribution in [1.82, 2.24) is 18.3 Å². The number of aryl methyl sites for hydroxylation is 9. The van der Waals surface area contributed by atoms with Gasteiger partial charge in [0.25, 0.3) is 0 Å². The zero-order valence-corrected chi connectivity index (χ0v) is 69.3. The zero-order valence-electron chi connectivity index (χ0n) is 69.3. The molecule has 0 radical (unpaired) electrons. The molecule has 0 aliphatic heterocycles. The maximum Gasteiger partial charge on any atom is 0.220 e. The zero-order chi connectivity index (χ0) is 80.3. The Hall–Kier alpha value is -13.6. The first-order valence-corrected chi connectivity index (χ1v) is 40.5. The second-order valence-electron chi connectivity index (χ2n) is 31.7. The van der Waals surface area contributed by atoms with Crippen LogP contribution in [0.3, 0.4) is 0 Å². The van der Waals surface area contributed by atoms with E-state index < -0.39 is 0 Å². The summed E-state index contributed by atoms with van der Waals surface area (Å²) in [5.41, 5.74) is 33.6. The molecule has 8 heterocycles. The third-order valence-corrected chi connectivity index (χ3v) is 24.6. The Bertz CT molecular complexity index is 7190. The van der Waals surface area contributed by atoms with Crippen LogP contribution in [-0.2, 0) is 56.4 Å². The summed E-state index contributed by atoms with van der Waals surface area (Å²) >= 11 is 0. The fraction of sp³-hybridized carbons (Fsp3) is 0.148. The van der Waals surface area contributed by atoms with Gasteiger partial charge in [0, 0.05) is 153 Å². The Morgan fingerprint density at radius 1 is 0.241 bits per heavy atom. The van der Waals surface area contributed by atoms with E-state index in [4.69, 9.17) is 0 Å². The van der Waals surface area contributed by atoms with Gasteiger partial charge in [-0.3, -0.25) is 0 Å². The fourth-order valence-electron chi connectivity index (χ4n) is 18.6. The normalized spacial score (nSPS) is 11.5. The smallest absolute Gasteiger partial charge is 0.220 e. The Morgan fingerprint density at radius 2 is 0.664 bits per heavy atom. The largest absolute Gasteiger partial charge is 0.344 e. The van der Waals surface area contributed by atoms with Gasteiger partial charge in [0.1, 0.15) is 28.2 Å². The van der Waals surface area contributed by atoms with Gasteiger partial charge in [-0.05, 0) is 197 Å². The van der Waals surface area contributed by atoms with Gasteiger partial charge in [0.05, 0.1) is 33.5 Å². The van der Waals surface area contributed by atoms with Crippen molar-refractivity contribution in [2.75, 3.05) is 0 Å². The van der Waals surface area contributed by atoms with E-state index in [9.17, 15) is 0 Å². The van der Waals surface area contributed by atoms with E-state index in [1.165, 1.54) is 210 Å². The molecule has 0 N–H and O–H groups in total. The lowest BCUT2D eigenvalue weighted by atomic mass is 9.88. The molecule has 0 saturated heterocycles. The fourth-order valence-corrected chi connectivity index (χ4v) is 18.6. The predicted molar refractivity (Wildman–Crippen MR) is 488 cm³/mol. The van der Waals surface area contributed by atoms with Crippen LogP contribution in [0.1, 0.15) is 53.1 Å². The van der Waals surface area contributed by atoms with Crippen LogP contribution in [0.25, 0.3) is 177 Å². The summed E-state index contributed by atoms with van der Waals surface area (Å²) in [6.45, 7) is 15.9. The summed E-state index contributed by atoms with van der Waals surface area (Å²) in [7, 11) is 17.2. The highest BCUT2D eigenvalue weighted by molar-refractivity contribution is 6.10. The average molecular weight is 1510 g/mol.